The number of benzene rings is 2. The lowest BCUT2D eigenvalue weighted by Crippen LogP contribution is -2.43. The van der Waals surface area contributed by atoms with Gasteiger partial charge < -0.3 is 9.80 Å². The average molecular weight is 893 g/mol. The molecule has 2 N–H and O–H groups in total. The summed E-state index contributed by atoms with van der Waals surface area (Å²) >= 11 is 32.0. The Hall–Kier alpha value is -2.55. The number of sulfonamides is 2. The van der Waals surface area contributed by atoms with Crippen molar-refractivity contribution >= 4 is 123 Å². The highest BCUT2D eigenvalue weighted by molar-refractivity contribution is 7.93. The van der Waals surface area contributed by atoms with Gasteiger partial charge in [0.1, 0.15) is 31.6 Å². The summed E-state index contributed by atoms with van der Waals surface area (Å²) in [5, 5.41) is 15.5. The summed E-state index contributed by atoms with van der Waals surface area (Å²) in [4.78, 5) is 30.9. The lowest BCUT2D eigenvalue weighted by Gasteiger charge is -2.30. The predicted octanol–water partition coefficient (Wildman–Crippen LogP) is 7.17. The highest BCUT2D eigenvalue weighted by Crippen LogP contribution is 2.42. The van der Waals surface area contributed by atoms with E-state index in [9.17, 15) is 26.4 Å². The Morgan fingerprint density at radius 1 is 0.635 bits per heavy atom. The van der Waals surface area contributed by atoms with Gasteiger partial charge in [-0.3, -0.25) is 19.0 Å². The van der Waals surface area contributed by atoms with Crippen LogP contribution in [0.5, 0.6) is 0 Å². The van der Waals surface area contributed by atoms with E-state index in [1.165, 1.54) is 41.0 Å². The van der Waals surface area contributed by atoms with Gasteiger partial charge in [-0.15, -0.1) is 20.4 Å². The molecule has 282 valence electrons. The molecule has 23 heteroatoms. The van der Waals surface area contributed by atoms with Crippen molar-refractivity contribution in [1.82, 2.24) is 30.2 Å². The van der Waals surface area contributed by atoms with Gasteiger partial charge >= 0.3 is 0 Å². The number of carbonyl (C=O) groups is 2. The van der Waals surface area contributed by atoms with Gasteiger partial charge in [0.05, 0.1) is 15.1 Å². The first kappa shape index (κ1) is 42.2. The first-order valence-corrected chi connectivity index (χ1v) is 21.8. The van der Waals surface area contributed by atoms with Crippen molar-refractivity contribution in [3.05, 3.63) is 65.0 Å². The lowest BCUT2D eigenvalue weighted by atomic mass is 9.90. The third-order valence-corrected chi connectivity index (χ3v) is 14.3. The van der Waals surface area contributed by atoms with Gasteiger partial charge in [0.25, 0.3) is 20.0 Å². The van der Waals surface area contributed by atoms with Crippen LogP contribution in [0.1, 0.15) is 55.1 Å². The van der Waals surface area contributed by atoms with Gasteiger partial charge in [0.2, 0.25) is 22.1 Å². The van der Waals surface area contributed by atoms with Crippen LogP contribution in [0.25, 0.3) is 0 Å². The highest BCUT2D eigenvalue weighted by atomic mass is 35.5. The first-order chi connectivity index (χ1) is 24.4. The number of amides is 2. The lowest BCUT2D eigenvalue weighted by molar-refractivity contribution is -0.140. The van der Waals surface area contributed by atoms with E-state index in [0.717, 1.165) is 11.3 Å². The Balaban J connectivity index is 1.83. The number of nitrogens with one attached hydrogen (secondary N) is 2. The van der Waals surface area contributed by atoms with Gasteiger partial charge in [-0.25, -0.2) is 16.8 Å². The molecule has 0 fully saturated rings. The molecule has 2 aromatic carbocycles. The van der Waals surface area contributed by atoms with Crippen molar-refractivity contribution < 1.29 is 26.4 Å². The molecule has 0 saturated carbocycles. The van der Waals surface area contributed by atoms with E-state index in [4.69, 9.17) is 58.0 Å². The predicted molar refractivity (Wildman–Crippen MR) is 205 cm³/mol. The van der Waals surface area contributed by atoms with E-state index in [1.807, 2.05) is 0 Å². The van der Waals surface area contributed by atoms with Crippen LogP contribution in [-0.2, 0) is 29.6 Å². The molecular weight excluding hydrogens is 862 g/mol. The number of likely N-dealkylation sites (N-methyl/N-ethyl adjacent to an activating group) is 2. The molecule has 2 amide bonds. The second-order valence-corrected chi connectivity index (χ2v) is 18.2. The van der Waals surface area contributed by atoms with Crippen molar-refractivity contribution in [2.24, 2.45) is 0 Å². The molecule has 14 nitrogen and oxygen atoms in total. The molecule has 52 heavy (non-hydrogen) atoms. The number of aryl methyl sites for hydroxylation is 1. The Morgan fingerprint density at radius 2 is 0.981 bits per heavy atom. The summed E-state index contributed by atoms with van der Waals surface area (Å²) in [5.41, 5.74) is 0.275. The van der Waals surface area contributed by atoms with Crippen molar-refractivity contribution in [2.75, 3.05) is 35.6 Å². The maximum atomic E-state index is 14.3. The van der Waals surface area contributed by atoms with Crippen LogP contribution in [-0.4, -0.2) is 85.0 Å². The molecule has 0 aliphatic carbocycles. The normalized spacial score (nSPS) is 13.0. The highest BCUT2D eigenvalue weighted by Gasteiger charge is 2.44. The maximum absolute atomic E-state index is 14.3. The summed E-state index contributed by atoms with van der Waals surface area (Å²) in [6.45, 7) is 9.56. The minimum atomic E-state index is -4.44. The molecule has 2 unspecified atom stereocenters. The van der Waals surface area contributed by atoms with E-state index < -0.39 is 48.6 Å². The number of hydrogen-bond donors (Lipinski definition) is 2. The Kier molecular flexibility index (Phi) is 14.0. The molecule has 4 rings (SSSR count). The summed E-state index contributed by atoms with van der Waals surface area (Å²) in [7, 11) is -8.76. The van der Waals surface area contributed by atoms with E-state index >= 15 is 0 Å². The average Bonchev–Trinajstić information content (AvgIpc) is 3.68. The van der Waals surface area contributed by atoms with Crippen LogP contribution in [0.3, 0.4) is 0 Å². The van der Waals surface area contributed by atoms with Crippen molar-refractivity contribution in [3.63, 3.8) is 0 Å². The zero-order valence-corrected chi connectivity index (χ0v) is 35.0. The molecule has 2 heterocycles. The first-order valence-electron chi connectivity index (χ1n) is 15.3. The van der Waals surface area contributed by atoms with E-state index in [0.29, 0.717) is 11.3 Å². The largest absolute Gasteiger partial charge is 0.343 e. The number of carbonyl (C=O) groups excluding carboxylic acids is 2. The number of anilines is 2. The molecule has 4 aromatic rings. The zero-order valence-electron chi connectivity index (χ0n) is 27.9. The second kappa shape index (κ2) is 17.3. The smallest absolute Gasteiger partial charge is 0.266 e. The summed E-state index contributed by atoms with van der Waals surface area (Å²) in [5.74, 6) is -3.85. The van der Waals surface area contributed by atoms with Gasteiger partial charge in [0.15, 0.2) is 0 Å². The summed E-state index contributed by atoms with van der Waals surface area (Å²) in [6.07, 6.45) is 0. The zero-order chi connectivity index (χ0) is 38.7. The molecule has 0 bridgehead atoms. The number of aromatic nitrogens is 4. The minimum absolute atomic E-state index is 0.0175. The molecular formula is C29H31Cl5N8O6S4. The molecule has 0 aliphatic rings. The SMILES string of the molecule is CCN(CC)C(=O)C(c1nnc(NS(=O)(=O)c2c(C)cc(Cl)cc2Cl)s1)C(C(=O)N(CC)CC)c1nnc(NS(=O)(=O)c2c(Cl)cc(Cl)cc2Cl)s1. The topological polar surface area (TPSA) is 185 Å². The third-order valence-electron chi connectivity index (χ3n) is 7.57. The van der Waals surface area contributed by atoms with Crippen LogP contribution in [0, 0.1) is 6.92 Å². The Labute approximate surface area is 333 Å². The monoisotopic (exact) mass is 890 g/mol. The molecule has 0 spiro atoms. The summed E-state index contributed by atoms with van der Waals surface area (Å²) in [6, 6.07) is 5.14. The van der Waals surface area contributed by atoms with E-state index in [-0.39, 0.29) is 82.0 Å². The Bertz CT molecular complexity index is 1990. The van der Waals surface area contributed by atoms with E-state index in [2.05, 4.69) is 29.8 Å². The van der Waals surface area contributed by atoms with Gasteiger partial charge in [-0.05, 0) is 64.4 Å². The molecule has 0 saturated heterocycles. The van der Waals surface area contributed by atoms with Crippen LogP contribution in [0.2, 0.25) is 25.1 Å². The van der Waals surface area contributed by atoms with Gasteiger partial charge in [-0.1, -0.05) is 80.7 Å². The van der Waals surface area contributed by atoms with Gasteiger partial charge in [-0.2, -0.15) is 0 Å². The molecule has 2 atom stereocenters. The standard InChI is InChI=1S/C29H31Cl5N8O6S4/c1-6-41(7-2)26(43)20(24-35-37-28(49-24)39-51(45,46)22-14(5)10-15(30)11-17(22)32)21(27(44)42(8-3)9-4)25-36-38-29(50-25)40-52(47,48)23-18(33)12-16(31)13-19(23)34/h10-13,20-21H,6-9H2,1-5H3,(H,37,39)(H,38,40). The van der Waals surface area contributed by atoms with Crippen molar-refractivity contribution in [3.8, 4) is 0 Å². The number of nitrogens with zero attached hydrogens (tertiary/aromatic N) is 6. The Morgan fingerprint density at radius 3 is 1.35 bits per heavy atom. The minimum Gasteiger partial charge on any atom is -0.343 e. The molecule has 2 aromatic heterocycles. The van der Waals surface area contributed by atoms with Crippen molar-refractivity contribution in [1.29, 1.82) is 0 Å². The van der Waals surface area contributed by atoms with Crippen LogP contribution in [0.15, 0.2) is 34.1 Å². The van der Waals surface area contributed by atoms with Gasteiger partial charge in [0, 0.05) is 36.2 Å². The van der Waals surface area contributed by atoms with Crippen molar-refractivity contribution in [2.45, 2.75) is 56.2 Å². The summed E-state index contributed by atoms with van der Waals surface area (Å²) < 4.78 is 58.3. The van der Waals surface area contributed by atoms with Crippen LogP contribution in [0.4, 0.5) is 10.3 Å². The number of rotatable bonds is 15. The quantitative estimate of drug-likeness (QED) is 0.124. The molecule has 0 radical (unpaired) electrons. The van der Waals surface area contributed by atoms with Crippen LogP contribution >= 0.6 is 80.7 Å². The number of hydrogen-bond acceptors (Lipinski definition) is 12. The fourth-order valence-corrected chi connectivity index (χ4v) is 12.1. The third kappa shape index (κ3) is 9.21. The maximum Gasteiger partial charge on any atom is 0.266 e. The van der Waals surface area contributed by atoms with Crippen LogP contribution < -0.4 is 9.44 Å². The fraction of sp³-hybridized carbons (Fsp3) is 0.379. The second-order valence-electron chi connectivity index (χ2n) is 10.8. The fourth-order valence-electron chi connectivity index (χ4n) is 5.20. The van der Waals surface area contributed by atoms with E-state index in [1.54, 1.807) is 27.7 Å². The molecule has 0 aliphatic heterocycles. The number of halogens is 5.